The van der Waals surface area contributed by atoms with Gasteiger partial charge in [0.1, 0.15) is 4.88 Å². The summed E-state index contributed by atoms with van der Waals surface area (Å²) in [5.74, 6) is -0.842. The van der Waals surface area contributed by atoms with Gasteiger partial charge < -0.3 is 10.0 Å². The van der Waals surface area contributed by atoms with Crippen LogP contribution in [0.1, 0.15) is 29.4 Å². The van der Waals surface area contributed by atoms with Crippen LogP contribution >= 0.6 is 11.3 Å². The molecule has 0 aliphatic rings. The van der Waals surface area contributed by atoms with Crippen molar-refractivity contribution in [3.8, 4) is 0 Å². The lowest BCUT2D eigenvalue weighted by Gasteiger charge is -2.16. The Morgan fingerprint density at radius 1 is 1.64 bits per heavy atom. The van der Waals surface area contributed by atoms with E-state index in [1.807, 2.05) is 12.4 Å². The molecule has 0 saturated heterocycles. The molecule has 0 atom stereocenters. The number of rotatable bonds is 5. The van der Waals surface area contributed by atoms with Crippen molar-refractivity contribution >= 4 is 23.0 Å². The third-order valence-electron chi connectivity index (χ3n) is 2.08. The summed E-state index contributed by atoms with van der Waals surface area (Å²) in [5.41, 5.74) is 1.00. The first-order chi connectivity index (χ1) is 6.65. The molecule has 4 heteroatoms. The van der Waals surface area contributed by atoms with Gasteiger partial charge in [-0.2, -0.15) is 0 Å². The third kappa shape index (κ3) is 2.73. The Morgan fingerprint density at radius 3 is 2.86 bits per heavy atom. The highest BCUT2D eigenvalue weighted by Crippen LogP contribution is 2.22. The van der Waals surface area contributed by atoms with Crippen molar-refractivity contribution in [2.45, 2.75) is 19.8 Å². The first kappa shape index (κ1) is 11.0. The molecule has 0 aromatic carbocycles. The average Bonchev–Trinajstić information content (AvgIpc) is 2.62. The molecule has 1 rings (SSSR count). The zero-order valence-electron chi connectivity index (χ0n) is 8.49. The summed E-state index contributed by atoms with van der Waals surface area (Å²) in [4.78, 5) is 13.1. The molecule has 0 bridgehead atoms. The monoisotopic (exact) mass is 213 g/mol. The molecule has 0 aliphatic heterocycles. The second-order valence-corrected chi connectivity index (χ2v) is 4.16. The quantitative estimate of drug-likeness (QED) is 0.817. The van der Waals surface area contributed by atoms with Crippen LogP contribution in [0.5, 0.6) is 0 Å². The van der Waals surface area contributed by atoms with E-state index >= 15 is 0 Å². The number of carbonyl (C=O) groups is 1. The number of hydrogen-bond donors (Lipinski definition) is 1. The van der Waals surface area contributed by atoms with Gasteiger partial charge in [-0.05, 0) is 12.5 Å². The molecule has 1 heterocycles. The minimum atomic E-state index is -0.842. The van der Waals surface area contributed by atoms with Crippen LogP contribution in [0.25, 0.3) is 0 Å². The van der Waals surface area contributed by atoms with E-state index < -0.39 is 5.97 Å². The summed E-state index contributed by atoms with van der Waals surface area (Å²) < 4.78 is 0. The van der Waals surface area contributed by atoms with Gasteiger partial charge in [-0.25, -0.2) is 4.79 Å². The van der Waals surface area contributed by atoms with E-state index in [0.29, 0.717) is 4.88 Å². The summed E-state index contributed by atoms with van der Waals surface area (Å²) in [6, 6.07) is 1.72. The lowest BCUT2D eigenvalue weighted by Crippen LogP contribution is -2.17. The third-order valence-corrected chi connectivity index (χ3v) is 2.99. The highest BCUT2D eigenvalue weighted by molar-refractivity contribution is 7.12. The van der Waals surface area contributed by atoms with Gasteiger partial charge in [0, 0.05) is 24.7 Å². The minimum absolute atomic E-state index is 0.406. The fourth-order valence-corrected chi connectivity index (χ4v) is 1.95. The van der Waals surface area contributed by atoms with E-state index in [1.165, 1.54) is 11.3 Å². The lowest BCUT2D eigenvalue weighted by atomic mass is 10.3. The Bertz CT molecular complexity index is 309. The van der Waals surface area contributed by atoms with E-state index in [4.69, 9.17) is 5.11 Å². The second-order valence-electron chi connectivity index (χ2n) is 3.25. The summed E-state index contributed by atoms with van der Waals surface area (Å²) in [5, 5.41) is 10.6. The second kappa shape index (κ2) is 5.00. The van der Waals surface area contributed by atoms with Crippen LogP contribution in [-0.2, 0) is 0 Å². The van der Waals surface area contributed by atoms with Gasteiger partial charge >= 0.3 is 5.97 Å². The first-order valence-electron chi connectivity index (χ1n) is 4.68. The maximum absolute atomic E-state index is 10.6. The summed E-state index contributed by atoms with van der Waals surface area (Å²) >= 11 is 1.28. The zero-order valence-corrected chi connectivity index (χ0v) is 9.30. The van der Waals surface area contributed by atoms with Crippen LogP contribution in [0, 0.1) is 0 Å². The molecule has 78 valence electrons. The number of aromatic carboxylic acids is 1. The molecule has 0 unspecified atom stereocenters. The molecular formula is C10H15NO2S. The Hall–Kier alpha value is -1.03. The molecule has 0 spiro atoms. The van der Waals surface area contributed by atoms with E-state index in [0.717, 1.165) is 25.1 Å². The van der Waals surface area contributed by atoms with Gasteiger partial charge in [0.05, 0.1) is 0 Å². The molecular weight excluding hydrogens is 198 g/mol. The van der Waals surface area contributed by atoms with Crippen LogP contribution in [0.15, 0.2) is 11.4 Å². The van der Waals surface area contributed by atoms with E-state index in [1.54, 1.807) is 6.07 Å². The maximum Gasteiger partial charge on any atom is 0.345 e. The predicted molar refractivity (Wildman–Crippen MR) is 59.5 cm³/mol. The Balaban J connectivity index is 2.61. The largest absolute Gasteiger partial charge is 0.477 e. The summed E-state index contributed by atoms with van der Waals surface area (Å²) in [6.07, 6.45) is 2.29. The number of carboxylic acids is 1. The maximum atomic E-state index is 10.6. The number of anilines is 1. The van der Waals surface area contributed by atoms with Gasteiger partial charge in [-0.1, -0.05) is 13.3 Å². The van der Waals surface area contributed by atoms with Gasteiger partial charge in [-0.3, -0.25) is 0 Å². The van der Waals surface area contributed by atoms with Gasteiger partial charge in [0.25, 0.3) is 0 Å². The molecule has 0 amide bonds. The lowest BCUT2D eigenvalue weighted by molar-refractivity contribution is 0.0702. The fraction of sp³-hybridized carbons (Fsp3) is 0.500. The van der Waals surface area contributed by atoms with E-state index in [9.17, 15) is 4.79 Å². The molecule has 1 aromatic heterocycles. The van der Waals surface area contributed by atoms with Gasteiger partial charge in [0.2, 0.25) is 0 Å². The average molecular weight is 213 g/mol. The van der Waals surface area contributed by atoms with Crippen molar-refractivity contribution in [3.05, 3.63) is 16.3 Å². The highest BCUT2D eigenvalue weighted by atomic mass is 32.1. The van der Waals surface area contributed by atoms with Crippen LogP contribution in [0.4, 0.5) is 5.69 Å². The summed E-state index contributed by atoms with van der Waals surface area (Å²) in [6.45, 7) is 3.12. The molecule has 0 saturated carbocycles. The normalized spacial score (nSPS) is 10.1. The predicted octanol–water partition coefficient (Wildman–Crippen LogP) is 2.68. The van der Waals surface area contributed by atoms with Crippen LogP contribution in [0.3, 0.4) is 0 Å². The van der Waals surface area contributed by atoms with Crippen molar-refractivity contribution in [2.24, 2.45) is 0 Å². The fourth-order valence-electron chi connectivity index (χ4n) is 1.16. The smallest absolute Gasteiger partial charge is 0.345 e. The van der Waals surface area contributed by atoms with Crippen molar-refractivity contribution in [2.75, 3.05) is 18.5 Å². The molecule has 0 aliphatic carbocycles. The molecule has 1 N–H and O–H groups in total. The number of nitrogens with zero attached hydrogens (tertiary/aromatic N) is 1. The van der Waals surface area contributed by atoms with Crippen LogP contribution in [-0.4, -0.2) is 24.7 Å². The zero-order chi connectivity index (χ0) is 10.6. The van der Waals surface area contributed by atoms with Crippen LogP contribution in [0.2, 0.25) is 0 Å². The molecule has 1 aromatic rings. The van der Waals surface area contributed by atoms with Crippen molar-refractivity contribution in [1.82, 2.24) is 0 Å². The molecule has 3 nitrogen and oxygen atoms in total. The SMILES string of the molecule is CCCCN(C)c1csc(C(=O)O)c1. The first-order valence-corrected chi connectivity index (χ1v) is 5.56. The van der Waals surface area contributed by atoms with E-state index in [2.05, 4.69) is 11.8 Å². The van der Waals surface area contributed by atoms with E-state index in [-0.39, 0.29) is 0 Å². The topological polar surface area (TPSA) is 40.5 Å². The molecule has 14 heavy (non-hydrogen) atoms. The van der Waals surface area contributed by atoms with Gasteiger partial charge in [-0.15, -0.1) is 11.3 Å². The van der Waals surface area contributed by atoms with Crippen molar-refractivity contribution in [1.29, 1.82) is 0 Å². The summed E-state index contributed by atoms with van der Waals surface area (Å²) in [7, 11) is 1.99. The number of thiophene rings is 1. The van der Waals surface area contributed by atoms with Crippen molar-refractivity contribution < 1.29 is 9.90 Å². The van der Waals surface area contributed by atoms with Gasteiger partial charge in [0.15, 0.2) is 0 Å². The Labute approximate surface area is 88.0 Å². The standard InChI is InChI=1S/C10H15NO2S/c1-3-4-5-11(2)8-6-9(10(12)13)14-7-8/h6-7H,3-5H2,1-2H3,(H,12,13). The van der Waals surface area contributed by atoms with Crippen molar-refractivity contribution in [3.63, 3.8) is 0 Å². The molecule has 0 fully saturated rings. The Kier molecular flexibility index (Phi) is 3.95. The number of hydrogen-bond acceptors (Lipinski definition) is 3. The number of unbranched alkanes of at least 4 members (excludes halogenated alkanes) is 1. The molecule has 0 radical (unpaired) electrons. The minimum Gasteiger partial charge on any atom is -0.477 e. The number of carboxylic acid groups (broad SMARTS) is 1. The Morgan fingerprint density at radius 2 is 2.36 bits per heavy atom. The highest BCUT2D eigenvalue weighted by Gasteiger charge is 2.08. The van der Waals surface area contributed by atoms with Crippen LogP contribution < -0.4 is 4.90 Å².